The van der Waals surface area contributed by atoms with Crippen LogP contribution in [-0.2, 0) is 14.4 Å². The molecule has 0 N–H and O–H groups in total. The Morgan fingerprint density at radius 2 is 0.744 bits per heavy atom. The second-order valence-electron chi connectivity index (χ2n) is 7.96. The standard InChI is InChI=1S/3C11H10O2S.Sb/c3*1-2-3-4-11(12)13-9-5-7-10(14)8-6-9;/h3*2-8,14H,1H2;/q;;;+3/p-3. The molecule has 0 saturated heterocycles. The molecule has 0 aliphatic heterocycles. The van der Waals surface area contributed by atoms with Gasteiger partial charge in [-0.25, -0.2) is 0 Å². The number of hydrogen-bond donors (Lipinski definition) is 0. The molecule has 218 valence electrons. The van der Waals surface area contributed by atoms with Gasteiger partial charge in [0, 0.05) is 0 Å². The van der Waals surface area contributed by atoms with Crippen LogP contribution >= 0.6 is 26.5 Å². The van der Waals surface area contributed by atoms with Crippen LogP contribution in [0, 0.1) is 0 Å². The van der Waals surface area contributed by atoms with Gasteiger partial charge in [0.1, 0.15) is 0 Å². The summed E-state index contributed by atoms with van der Waals surface area (Å²) >= 11 is -2.27. The number of rotatable bonds is 15. The van der Waals surface area contributed by atoms with Crippen molar-refractivity contribution in [3.05, 3.63) is 147 Å². The molecule has 10 heteroatoms. The number of carbonyl (C=O) groups excluding carboxylic acids is 3. The van der Waals surface area contributed by atoms with E-state index in [0.717, 1.165) is 14.7 Å². The van der Waals surface area contributed by atoms with Crippen LogP contribution < -0.4 is 14.2 Å². The minimum atomic E-state index is -2.27. The van der Waals surface area contributed by atoms with Gasteiger partial charge in [0.05, 0.1) is 0 Å². The van der Waals surface area contributed by atoms with E-state index < -0.39 is 33.9 Å². The van der Waals surface area contributed by atoms with Gasteiger partial charge in [-0.1, -0.05) is 0 Å². The molecular weight excluding hydrogens is 710 g/mol. The van der Waals surface area contributed by atoms with Crippen molar-refractivity contribution < 1.29 is 28.6 Å². The van der Waals surface area contributed by atoms with Crippen molar-refractivity contribution in [3.8, 4) is 17.2 Å². The van der Waals surface area contributed by atoms with E-state index >= 15 is 0 Å². The first-order valence-corrected chi connectivity index (χ1v) is 24.3. The molecule has 0 amide bonds. The van der Waals surface area contributed by atoms with Crippen LogP contribution in [0.1, 0.15) is 0 Å². The fourth-order valence-electron chi connectivity index (χ4n) is 2.91. The third-order valence-corrected chi connectivity index (χ3v) is 24.9. The van der Waals surface area contributed by atoms with Gasteiger partial charge in [-0.2, -0.15) is 0 Å². The van der Waals surface area contributed by atoms with Crippen LogP contribution in [0.25, 0.3) is 0 Å². The predicted molar refractivity (Wildman–Crippen MR) is 178 cm³/mol. The van der Waals surface area contributed by atoms with Crippen LogP contribution in [0.15, 0.2) is 162 Å². The molecule has 0 atom stereocenters. The molecular formula is C33H27O6S3Sb. The van der Waals surface area contributed by atoms with E-state index in [1.165, 1.54) is 54.7 Å². The summed E-state index contributed by atoms with van der Waals surface area (Å²) < 4.78 is 16.0. The predicted octanol–water partition coefficient (Wildman–Crippen LogP) is 8.29. The van der Waals surface area contributed by atoms with Crippen molar-refractivity contribution in [1.29, 1.82) is 0 Å². The van der Waals surface area contributed by atoms with Crippen LogP contribution in [0.5, 0.6) is 17.2 Å². The van der Waals surface area contributed by atoms with Gasteiger partial charge >= 0.3 is 268 Å². The van der Waals surface area contributed by atoms with Gasteiger partial charge in [0.2, 0.25) is 0 Å². The van der Waals surface area contributed by atoms with Crippen molar-refractivity contribution in [2.45, 2.75) is 14.7 Å². The van der Waals surface area contributed by atoms with E-state index in [9.17, 15) is 14.4 Å². The van der Waals surface area contributed by atoms with Crippen LogP contribution in [0.2, 0.25) is 0 Å². The molecule has 0 spiro atoms. The number of benzene rings is 3. The molecule has 0 fully saturated rings. The molecule has 0 aliphatic rings. The zero-order valence-electron chi connectivity index (χ0n) is 22.9. The second kappa shape index (κ2) is 18.8. The molecule has 0 radical (unpaired) electrons. The van der Waals surface area contributed by atoms with Gasteiger partial charge in [0.25, 0.3) is 0 Å². The topological polar surface area (TPSA) is 78.9 Å². The molecule has 3 aromatic rings. The molecule has 0 heterocycles. The first-order chi connectivity index (χ1) is 20.9. The van der Waals surface area contributed by atoms with Crippen molar-refractivity contribution in [2.24, 2.45) is 0 Å². The normalized spacial score (nSPS) is 11.1. The van der Waals surface area contributed by atoms with E-state index in [-0.39, 0.29) is 0 Å². The fourth-order valence-corrected chi connectivity index (χ4v) is 25.5. The average Bonchev–Trinajstić information content (AvgIpc) is 3.01. The van der Waals surface area contributed by atoms with Crippen molar-refractivity contribution in [2.75, 3.05) is 0 Å². The fraction of sp³-hybridized carbons (Fsp3) is 0. The monoisotopic (exact) mass is 736 g/mol. The van der Waals surface area contributed by atoms with Crippen molar-refractivity contribution >= 4 is 60.5 Å². The summed E-state index contributed by atoms with van der Waals surface area (Å²) in [5, 5.41) is 0. The Bertz CT molecular complexity index is 1330. The summed E-state index contributed by atoms with van der Waals surface area (Å²) in [4.78, 5) is 38.7. The SMILES string of the molecule is C=CC=CC(=O)Oc1ccc([S][Sb]([S]c2ccc(OC(=O)C=CC=C)cc2)[S]c2ccc(OC(=O)C=CC=C)cc2)cc1. The first-order valence-electron chi connectivity index (χ1n) is 12.6. The quantitative estimate of drug-likeness (QED) is 0.0504. The molecule has 0 aromatic heterocycles. The molecule has 0 aliphatic carbocycles. The Hall–Kier alpha value is -3.62. The Morgan fingerprint density at radius 3 is 0.977 bits per heavy atom. The van der Waals surface area contributed by atoms with E-state index in [4.69, 9.17) is 14.2 Å². The van der Waals surface area contributed by atoms with Gasteiger partial charge < -0.3 is 0 Å². The van der Waals surface area contributed by atoms with Crippen LogP contribution in [0.3, 0.4) is 0 Å². The molecule has 0 unspecified atom stereocenters. The Balaban J connectivity index is 1.73. The molecule has 3 aromatic carbocycles. The van der Waals surface area contributed by atoms with Crippen LogP contribution in [-0.4, -0.2) is 33.9 Å². The first kappa shape index (κ1) is 33.9. The summed E-state index contributed by atoms with van der Waals surface area (Å²) in [6, 6.07) is 22.2. The molecule has 0 bridgehead atoms. The maximum absolute atomic E-state index is 11.9. The summed E-state index contributed by atoms with van der Waals surface area (Å²) in [5.41, 5.74) is 0. The summed E-state index contributed by atoms with van der Waals surface area (Å²) in [5.74, 6) is -0.0655. The maximum atomic E-state index is 11.9. The van der Waals surface area contributed by atoms with Crippen molar-refractivity contribution in [3.63, 3.8) is 0 Å². The number of hydrogen-bond acceptors (Lipinski definition) is 9. The average molecular weight is 738 g/mol. The molecule has 6 nitrogen and oxygen atoms in total. The minimum absolute atomic E-state index is 0.452. The third-order valence-electron chi connectivity index (χ3n) is 4.77. The summed E-state index contributed by atoms with van der Waals surface area (Å²) in [6.45, 7) is 10.6. The van der Waals surface area contributed by atoms with Gasteiger partial charge in [-0.3, -0.25) is 0 Å². The zero-order chi connectivity index (χ0) is 30.9. The Kier molecular flexibility index (Phi) is 14.8. The number of carbonyl (C=O) groups is 3. The Morgan fingerprint density at radius 1 is 0.488 bits per heavy atom. The molecule has 3 rings (SSSR count). The molecule has 0 saturated carbocycles. The molecule has 43 heavy (non-hydrogen) atoms. The van der Waals surface area contributed by atoms with Gasteiger partial charge in [-0.05, 0) is 0 Å². The summed E-state index contributed by atoms with van der Waals surface area (Å²) in [7, 11) is 5.40. The van der Waals surface area contributed by atoms with Crippen molar-refractivity contribution in [1.82, 2.24) is 0 Å². The Labute approximate surface area is 266 Å². The number of ether oxygens (including phenoxy) is 3. The van der Waals surface area contributed by atoms with E-state index in [1.54, 1.807) is 62.9 Å². The van der Waals surface area contributed by atoms with Gasteiger partial charge in [-0.15, -0.1) is 0 Å². The zero-order valence-corrected chi connectivity index (χ0v) is 27.9. The third kappa shape index (κ3) is 13.1. The summed E-state index contributed by atoms with van der Waals surface area (Å²) in [6.07, 6.45) is 13.0. The van der Waals surface area contributed by atoms with Crippen LogP contribution in [0.4, 0.5) is 0 Å². The van der Waals surface area contributed by atoms with E-state index in [2.05, 4.69) is 19.7 Å². The number of allylic oxidation sites excluding steroid dienone is 6. The second-order valence-corrected chi connectivity index (χ2v) is 27.9. The van der Waals surface area contributed by atoms with E-state index in [0.29, 0.717) is 17.2 Å². The van der Waals surface area contributed by atoms with E-state index in [1.807, 2.05) is 36.4 Å². The van der Waals surface area contributed by atoms with Gasteiger partial charge in [0.15, 0.2) is 0 Å². The number of esters is 3.